The number of ether oxygens (including phenoxy) is 1. The van der Waals surface area contributed by atoms with Crippen molar-refractivity contribution in [3.8, 4) is 11.1 Å². The van der Waals surface area contributed by atoms with E-state index in [0.717, 1.165) is 6.42 Å². The second-order valence-electron chi connectivity index (χ2n) is 9.71. The maximum atomic E-state index is 12.8. The lowest BCUT2D eigenvalue weighted by Gasteiger charge is -2.28. The van der Waals surface area contributed by atoms with Crippen LogP contribution in [0.4, 0.5) is 4.79 Å². The van der Waals surface area contributed by atoms with Gasteiger partial charge in [-0.25, -0.2) is 4.79 Å². The maximum absolute atomic E-state index is 12.8. The summed E-state index contributed by atoms with van der Waals surface area (Å²) < 4.78 is 5.55. The van der Waals surface area contributed by atoms with Crippen LogP contribution in [0.3, 0.4) is 0 Å². The van der Waals surface area contributed by atoms with Crippen LogP contribution in [0, 0.1) is 23.7 Å². The number of hydrogen-bond donors (Lipinski definition) is 2. The van der Waals surface area contributed by atoms with Crippen LogP contribution in [0.1, 0.15) is 36.8 Å². The fourth-order valence-electron chi connectivity index (χ4n) is 5.78. The summed E-state index contributed by atoms with van der Waals surface area (Å²) >= 11 is 0. The SMILES string of the molecule is CC(CCNC(=O)OCC1c2ccccc2-c2ccccc21)C(=O)N1CC[C@H]2C(C(=O)O)[C@H]2C1. The second kappa shape index (κ2) is 9.12. The highest BCUT2D eigenvalue weighted by molar-refractivity contribution is 5.80. The van der Waals surface area contributed by atoms with Crippen molar-refractivity contribution in [2.45, 2.75) is 25.7 Å². The Balaban J connectivity index is 1.08. The summed E-state index contributed by atoms with van der Waals surface area (Å²) in [6, 6.07) is 16.4. The summed E-state index contributed by atoms with van der Waals surface area (Å²) in [5, 5.41) is 12.0. The molecular formula is C27H30N2O5. The predicted octanol–water partition coefficient (Wildman–Crippen LogP) is 3.73. The molecule has 2 amide bonds. The fraction of sp³-hybridized carbons (Fsp3) is 0.444. The Kier molecular flexibility index (Phi) is 6.02. The first-order valence-electron chi connectivity index (χ1n) is 12.1. The standard InChI is InChI=1S/C27H30N2O5/c1-16(25(30)29-13-11-21-22(14-29)24(21)26(31)32)10-12-28-27(33)34-15-23-19-8-4-2-6-17(19)18-7-3-5-9-20(18)23/h2-9,16,21-24H,10-15H2,1H3,(H,28,33)(H,31,32)/t16?,21-,22+,24?/m1/s1. The molecule has 7 nitrogen and oxygen atoms in total. The Labute approximate surface area is 199 Å². The minimum Gasteiger partial charge on any atom is -0.481 e. The van der Waals surface area contributed by atoms with E-state index in [4.69, 9.17) is 4.74 Å². The average molecular weight is 463 g/mol. The predicted molar refractivity (Wildman–Crippen MR) is 126 cm³/mol. The van der Waals surface area contributed by atoms with Crippen LogP contribution in [-0.2, 0) is 14.3 Å². The molecule has 178 valence electrons. The molecule has 0 bridgehead atoms. The Morgan fingerprint density at radius 3 is 2.35 bits per heavy atom. The van der Waals surface area contributed by atoms with Crippen molar-refractivity contribution in [1.29, 1.82) is 0 Å². The summed E-state index contributed by atoms with van der Waals surface area (Å²) in [5.74, 6) is -0.906. The molecule has 2 fully saturated rings. The molecule has 0 spiro atoms. The number of nitrogens with zero attached hydrogens (tertiary/aromatic N) is 1. The first-order valence-corrected chi connectivity index (χ1v) is 12.1. The molecule has 2 aromatic carbocycles. The number of benzene rings is 2. The van der Waals surface area contributed by atoms with E-state index in [1.54, 1.807) is 4.90 Å². The number of amides is 2. The van der Waals surface area contributed by atoms with Gasteiger partial charge >= 0.3 is 12.1 Å². The number of carbonyl (C=O) groups excluding carboxylic acids is 2. The Morgan fingerprint density at radius 1 is 1.06 bits per heavy atom. The normalized spacial score (nSPS) is 23.3. The number of likely N-dealkylation sites (tertiary alicyclic amines) is 1. The Morgan fingerprint density at radius 2 is 1.71 bits per heavy atom. The smallest absolute Gasteiger partial charge is 0.407 e. The minimum atomic E-state index is -0.746. The van der Waals surface area contributed by atoms with Gasteiger partial charge in [0.25, 0.3) is 0 Å². The third kappa shape index (κ3) is 4.15. The molecule has 7 heteroatoms. The quantitative estimate of drug-likeness (QED) is 0.654. The van der Waals surface area contributed by atoms with Crippen molar-refractivity contribution < 1.29 is 24.2 Å². The zero-order valence-corrected chi connectivity index (χ0v) is 19.3. The van der Waals surface area contributed by atoms with Gasteiger partial charge in [-0.15, -0.1) is 0 Å². The van der Waals surface area contributed by atoms with Crippen molar-refractivity contribution >= 4 is 18.0 Å². The van der Waals surface area contributed by atoms with Crippen molar-refractivity contribution in [3.63, 3.8) is 0 Å². The highest BCUT2D eigenvalue weighted by atomic mass is 16.5. The summed E-state index contributed by atoms with van der Waals surface area (Å²) in [5.41, 5.74) is 4.70. The Bertz CT molecular complexity index is 1070. The van der Waals surface area contributed by atoms with Crippen molar-refractivity contribution in [1.82, 2.24) is 10.2 Å². The summed E-state index contributed by atoms with van der Waals surface area (Å²) in [6.07, 6.45) is 0.790. The van der Waals surface area contributed by atoms with Crippen LogP contribution in [-0.4, -0.2) is 54.2 Å². The zero-order valence-electron chi connectivity index (χ0n) is 19.3. The van der Waals surface area contributed by atoms with E-state index < -0.39 is 12.1 Å². The van der Waals surface area contributed by atoms with Gasteiger partial charge in [-0.1, -0.05) is 55.5 Å². The first kappa shape index (κ1) is 22.4. The molecular weight excluding hydrogens is 432 g/mol. The number of carboxylic acids is 1. The largest absolute Gasteiger partial charge is 0.481 e. The number of aliphatic carboxylic acids is 1. The van der Waals surface area contributed by atoms with Crippen LogP contribution in [0.2, 0.25) is 0 Å². The molecule has 1 saturated heterocycles. The third-order valence-electron chi connectivity index (χ3n) is 7.70. The van der Waals surface area contributed by atoms with Crippen LogP contribution in [0.15, 0.2) is 48.5 Å². The number of nitrogens with one attached hydrogen (secondary N) is 1. The number of piperidine rings is 1. The molecule has 0 radical (unpaired) electrons. The number of alkyl carbamates (subject to hydrolysis) is 1. The molecule has 2 aliphatic carbocycles. The highest BCUT2D eigenvalue weighted by Crippen LogP contribution is 2.51. The van der Waals surface area contributed by atoms with Crippen LogP contribution in [0.5, 0.6) is 0 Å². The van der Waals surface area contributed by atoms with Gasteiger partial charge in [0.05, 0.1) is 5.92 Å². The maximum Gasteiger partial charge on any atom is 0.407 e. The second-order valence-corrected chi connectivity index (χ2v) is 9.71. The summed E-state index contributed by atoms with van der Waals surface area (Å²) in [4.78, 5) is 38.2. The molecule has 3 aliphatic rings. The number of carbonyl (C=O) groups is 3. The molecule has 2 unspecified atom stereocenters. The lowest BCUT2D eigenvalue weighted by Crippen LogP contribution is -2.41. The van der Waals surface area contributed by atoms with Gasteiger partial charge in [0.1, 0.15) is 6.61 Å². The monoisotopic (exact) mass is 462 g/mol. The summed E-state index contributed by atoms with van der Waals surface area (Å²) in [7, 11) is 0. The van der Waals surface area contributed by atoms with E-state index >= 15 is 0 Å². The van der Waals surface area contributed by atoms with Gasteiger partial charge in [-0.05, 0) is 46.9 Å². The number of fused-ring (bicyclic) bond motifs is 4. The van der Waals surface area contributed by atoms with Crippen LogP contribution < -0.4 is 5.32 Å². The van der Waals surface area contributed by atoms with E-state index in [-0.39, 0.29) is 42.1 Å². The molecule has 34 heavy (non-hydrogen) atoms. The van der Waals surface area contributed by atoms with Gasteiger partial charge in [-0.2, -0.15) is 0 Å². The van der Waals surface area contributed by atoms with Crippen molar-refractivity contribution in [2.75, 3.05) is 26.2 Å². The van der Waals surface area contributed by atoms with E-state index in [2.05, 4.69) is 29.6 Å². The number of hydrogen-bond acceptors (Lipinski definition) is 4. The minimum absolute atomic E-state index is 0.0126. The fourth-order valence-corrected chi connectivity index (χ4v) is 5.78. The molecule has 1 heterocycles. The zero-order chi connectivity index (χ0) is 23.8. The van der Waals surface area contributed by atoms with E-state index in [1.807, 2.05) is 31.2 Å². The lowest BCUT2D eigenvalue weighted by molar-refractivity contribution is -0.139. The molecule has 1 aliphatic heterocycles. The molecule has 2 aromatic rings. The third-order valence-corrected chi connectivity index (χ3v) is 7.70. The van der Waals surface area contributed by atoms with Crippen molar-refractivity contribution in [2.24, 2.45) is 23.7 Å². The topological polar surface area (TPSA) is 95.9 Å². The van der Waals surface area contributed by atoms with Crippen molar-refractivity contribution in [3.05, 3.63) is 59.7 Å². The summed E-state index contributed by atoms with van der Waals surface area (Å²) in [6.45, 7) is 3.62. The Hall–Kier alpha value is -3.35. The van der Waals surface area contributed by atoms with Gasteiger partial charge in [0, 0.05) is 31.5 Å². The molecule has 2 N–H and O–H groups in total. The number of carboxylic acid groups (broad SMARTS) is 1. The van der Waals surface area contributed by atoms with Gasteiger partial charge < -0.3 is 20.1 Å². The highest BCUT2D eigenvalue weighted by Gasteiger charge is 2.57. The molecule has 5 rings (SSSR count). The van der Waals surface area contributed by atoms with E-state index in [9.17, 15) is 19.5 Å². The van der Waals surface area contributed by atoms with E-state index in [1.165, 1.54) is 22.3 Å². The lowest BCUT2D eigenvalue weighted by atomic mass is 9.98. The average Bonchev–Trinajstić information content (AvgIpc) is 3.49. The van der Waals surface area contributed by atoms with Crippen LogP contribution >= 0.6 is 0 Å². The van der Waals surface area contributed by atoms with E-state index in [0.29, 0.717) is 26.1 Å². The number of rotatable bonds is 7. The first-order chi connectivity index (χ1) is 16.5. The molecule has 4 atom stereocenters. The van der Waals surface area contributed by atoms with Gasteiger partial charge in [-0.3, -0.25) is 9.59 Å². The molecule has 0 aromatic heterocycles. The van der Waals surface area contributed by atoms with Gasteiger partial charge in [0.15, 0.2) is 0 Å². The molecule has 1 saturated carbocycles. The van der Waals surface area contributed by atoms with Gasteiger partial charge in [0.2, 0.25) is 5.91 Å². The van der Waals surface area contributed by atoms with Crippen LogP contribution in [0.25, 0.3) is 11.1 Å².